The lowest BCUT2D eigenvalue weighted by atomic mass is 9.64. The summed E-state index contributed by atoms with van der Waals surface area (Å²) in [5.74, 6) is -2.01. The van der Waals surface area contributed by atoms with Crippen LogP contribution in [0.5, 0.6) is 5.75 Å². The number of fused-ring (bicyclic) bond motifs is 1. The number of amides is 2. The van der Waals surface area contributed by atoms with Crippen LogP contribution in [-0.4, -0.2) is 73.3 Å². The van der Waals surface area contributed by atoms with E-state index in [1.807, 2.05) is 0 Å². The molecule has 0 spiro atoms. The van der Waals surface area contributed by atoms with Gasteiger partial charge in [-0.3, -0.25) is 19.7 Å². The van der Waals surface area contributed by atoms with Crippen molar-refractivity contribution in [1.29, 1.82) is 0 Å². The molecule has 2 fully saturated rings. The van der Waals surface area contributed by atoms with Gasteiger partial charge in [0.05, 0.1) is 24.3 Å². The molecule has 0 saturated carbocycles. The lowest BCUT2D eigenvalue weighted by Gasteiger charge is -2.59. The summed E-state index contributed by atoms with van der Waals surface area (Å²) in [5.41, 5.74) is -4.34. The lowest BCUT2D eigenvalue weighted by Crippen LogP contribution is -2.86. The molecule has 0 unspecified atom stereocenters. The summed E-state index contributed by atoms with van der Waals surface area (Å²) in [6.07, 6.45) is -0.854. The van der Waals surface area contributed by atoms with Crippen LogP contribution in [0.3, 0.4) is 0 Å². The third-order valence-electron chi connectivity index (χ3n) is 7.36. The van der Waals surface area contributed by atoms with E-state index in [2.05, 4.69) is 0 Å². The molecule has 5 rings (SSSR count). The quantitative estimate of drug-likeness (QED) is 0.347. The third-order valence-corrected chi connectivity index (χ3v) is 7.36. The first-order chi connectivity index (χ1) is 17.4. The molecule has 2 saturated heterocycles. The van der Waals surface area contributed by atoms with Crippen molar-refractivity contribution >= 4 is 28.9 Å². The lowest BCUT2D eigenvalue weighted by molar-refractivity contribution is -0.385. The van der Waals surface area contributed by atoms with Gasteiger partial charge in [0.2, 0.25) is 11.2 Å². The number of aliphatic hydroxyl groups is 1. The van der Waals surface area contributed by atoms with Crippen LogP contribution >= 0.6 is 0 Å². The number of carbonyl (C=O) groups is 2. The summed E-state index contributed by atoms with van der Waals surface area (Å²) in [6.45, 7) is 3.42. The molecule has 12 nitrogen and oxygen atoms in total. The normalized spacial score (nSPS) is 30.3. The number of carbonyl (C=O) groups excluding carboxylic acids is 2. The van der Waals surface area contributed by atoms with E-state index in [-0.39, 0.29) is 23.5 Å². The predicted octanol–water partition coefficient (Wildman–Crippen LogP) is 1.72. The topological polar surface area (TPSA) is 141 Å². The van der Waals surface area contributed by atoms with Crippen molar-refractivity contribution in [2.45, 2.75) is 43.0 Å². The molecule has 1 N–H and O–H groups in total. The van der Waals surface area contributed by atoms with E-state index in [1.165, 1.54) is 43.2 Å². The average molecular weight is 514 g/mol. The maximum atomic E-state index is 14.0. The number of methoxy groups -OCH3 is 2. The number of rotatable bonds is 6. The Morgan fingerprint density at radius 1 is 1.11 bits per heavy atom. The Kier molecular flexibility index (Phi) is 5.57. The molecule has 12 heteroatoms. The zero-order valence-electron chi connectivity index (χ0n) is 21.0. The zero-order chi connectivity index (χ0) is 26.9. The minimum Gasteiger partial charge on any atom is -0.497 e. The van der Waals surface area contributed by atoms with Crippen LogP contribution in [0.1, 0.15) is 19.4 Å². The molecule has 2 amide bonds. The number of nitro benzene ring substituents is 1. The number of non-ortho nitro benzene ring substituents is 1. The molecular formula is C25H27N3O9. The van der Waals surface area contributed by atoms with Gasteiger partial charge in [-0.15, -0.1) is 0 Å². The summed E-state index contributed by atoms with van der Waals surface area (Å²) >= 11 is 0. The van der Waals surface area contributed by atoms with Crippen molar-refractivity contribution in [1.82, 2.24) is 0 Å². The van der Waals surface area contributed by atoms with Crippen molar-refractivity contribution < 1.29 is 38.6 Å². The highest BCUT2D eigenvalue weighted by Gasteiger charge is 2.79. The van der Waals surface area contributed by atoms with Crippen molar-refractivity contribution in [3.63, 3.8) is 0 Å². The molecule has 0 bridgehead atoms. The second-order valence-electron chi connectivity index (χ2n) is 9.66. The van der Waals surface area contributed by atoms with E-state index in [0.717, 1.165) is 6.07 Å². The maximum absolute atomic E-state index is 14.0. The zero-order valence-corrected chi connectivity index (χ0v) is 21.0. The van der Waals surface area contributed by atoms with Crippen LogP contribution in [0, 0.1) is 10.1 Å². The number of hydrogen-bond acceptors (Lipinski definition) is 9. The van der Waals surface area contributed by atoms with Crippen molar-refractivity contribution in [2.24, 2.45) is 0 Å². The molecular weight excluding hydrogens is 486 g/mol. The fourth-order valence-corrected chi connectivity index (χ4v) is 5.64. The SMILES string of the molecule is COc1ccc(N2C(=O)[C@@](O)([C@@]3(OC)C(=O)N(C)c4ccc([N+](=O)[O-])cc43)[C@@H]2[C@H]2COC(C)(C)O2)cc1. The van der Waals surface area contributed by atoms with Gasteiger partial charge in [-0.25, -0.2) is 0 Å². The maximum Gasteiger partial charge on any atom is 0.269 e. The van der Waals surface area contributed by atoms with E-state index in [4.69, 9.17) is 18.9 Å². The molecule has 37 heavy (non-hydrogen) atoms. The van der Waals surface area contributed by atoms with E-state index in [9.17, 15) is 24.8 Å². The number of benzene rings is 2. The summed E-state index contributed by atoms with van der Waals surface area (Å²) < 4.78 is 22.8. The minimum absolute atomic E-state index is 0.0186. The highest BCUT2D eigenvalue weighted by molar-refractivity contribution is 6.18. The number of β-lactam (4-membered cyclic amide) rings is 1. The summed E-state index contributed by atoms with van der Waals surface area (Å²) in [5, 5.41) is 23.9. The largest absolute Gasteiger partial charge is 0.497 e. The number of hydrogen-bond donors (Lipinski definition) is 1. The standard InChI is InChI=1S/C25H27N3O9/c1-23(2)36-13-19(37-23)20-24(31,21(29)27(20)14-6-9-16(34-4)10-7-14)25(35-5)17-12-15(28(32)33)8-11-18(17)26(3)22(25)30/h6-12,19-20,31H,13H2,1-5H3/t19-,20+,24-,25+/m1/s1. The molecule has 2 aromatic rings. The first-order valence-corrected chi connectivity index (χ1v) is 11.6. The molecule has 3 heterocycles. The van der Waals surface area contributed by atoms with Gasteiger partial charge in [0.15, 0.2) is 5.79 Å². The molecule has 3 aliphatic heterocycles. The molecule has 196 valence electrons. The predicted molar refractivity (Wildman–Crippen MR) is 129 cm³/mol. The first kappa shape index (κ1) is 25.1. The van der Waals surface area contributed by atoms with Crippen LogP contribution in [-0.2, 0) is 29.4 Å². The number of nitrogens with zero attached hydrogens (tertiary/aromatic N) is 3. The van der Waals surface area contributed by atoms with Gasteiger partial charge in [-0.1, -0.05) is 0 Å². The molecule has 0 aromatic heterocycles. The van der Waals surface area contributed by atoms with E-state index < -0.39 is 45.9 Å². The fourth-order valence-electron chi connectivity index (χ4n) is 5.64. The third kappa shape index (κ3) is 3.23. The highest BCUT2D eigenvalue weighted by atomic mass is 16.7. The van der Waals surface area contributed by atoms with Gasteiger partial charge < -0.3 is 33.9 Å². The number of likely N-dealkylation sites (N-methyl/N-ethyl adjacent to an activating group) is 1. The highest BCUT2D eigenvalue weighted by Crippen LogP contribution is 2.57. The second-order valence-corrected chi connectivity index (χ2v) is 9.66. The Morgan fingerprint density at radius 2 is 1.78 bits per heavy atom. The smallest absolute Gasteiger partial charge is 0.269 e. The van der Waals surface area contributed by atoms with Gasteiger partial charge in [-0.05, 0) is 44.2 Å². The Balaban J connectivity index is 1.70. The average Bonchev–Trinajstić information content (AvgIpc) is 3.34. The van der Waals surface area contributed by atoms with Crippen molar-refractivity contribution in [3.8, 4) is 5.75 Å². The van der Waals surface area contributed by atoms with E-state index >= 15 is 0 Å². The van der Waals surface area contributed by atoms with Gasteiger partial charge in [0, 0.05) is 37.5 Å². The molecule has 3 aliphatic rings. The Hall–Kier alpha value is -3.58. The van der Waals surface area contributed by atoms with Gasteiger partial charge in [-0.2, -0.15) is 0 Å². The molecule has 0 aliphatic carbocycles. The first-order valence-electron chi connectivity index (χ1n) is 11.6. The number of ether oxygens (including phenoxy) is 4. The summed E-state index contributed by atoms with van der Waals surface area (Å²) in [7, 11) is 4.15. The minimum atomic E-state index is -2.48. The Morgan fingerprint density at radius 3 is 2.32 bits per heavy atom. The van der Waals surface area contributed by atoms with Crippen LogP contribution < -0.4 is 14.5 Å². The van der Waals surface area contributed by atoms with E-state index in [1.54, 1.807) is 38.1 Å². The molecule has 4 atom stereocenters. The number of nitro groups is 1. The summed E-state index contributed by atoms with van der Waals surface area (Å²) in [4.78, 5) is 41.3. The van der Waals surface area contributed by atoms with E-state index in [0.29, 0.717) is 11.4 Å². The van der Waals surface area contributed by atoms with Crippen molar-refractivity contribution in [3.05, 3.63) is 58.1 Å². The van der Waals surface area contributed by atoms with Crippen LogP contribution in [0.15, 0.2) is 42.5 Å². The fraction of sp³-hybridized carbons (Fsp3) is 0.440. The Bertz CT molecular complexity index is 1300. The number of anilines is 2. The van der Waals surface area contributed by atoms with Gasteiger partial charge in [0.25, 0.3) is 17.5 Å². The van der Waals surface area contributed by atoms with Gasteiger partial charge >= 0.3 is 0 Å². The second kappa shape index (κ2) is 8.21. The monoisotopic (exact) mass is 513 g/mol. The molecule has 0 radical (unpaired) electrons. The van der Waals surface area contributed by atoms with Crippen LogP contribution in [0.2, 0.25) is 0 Å². The van der Waals surface area contributed by atoms with Crippen LogP contribution in [0.25, 0.3) is 0 Å². The Labute approximate surface area is 212 Å². The molecule has 2 aromatic carbocycles. The van der Waals surface area contributed by atoms with Gasteiger partial charge in [0.1, 0.15) is 17.9 Å². The van der Waals surface area contributed by atoms with Crippen LogP contribution in [0.4, 0.5) is 17.1 Å². The van der Waals surface area contributed by atoms with Crippen molar-refractivity contribution in [2.75, 3.05) is 37.7 Å². The summed E-state index contributed by atoms with van der Waals surface area (Å²) in [6, 6.07) is 9.27.